The first-order chi connectivity index (χ1) is 15.2. The summed E-state index contributed by atoms with van der Waals surface area (Å²) in [5.41, 5.74) is 4.70. The number of anilines is 2. The summed E-state index contributed by atoms with van der Waals surface area (Å²) in [4.78, 5) is 14.9. The predicted octanol–water partition coefficient (Wildman–Crippen LogP) is 3.05. The summed E-state index contributed by atoms with van der Waals surface area (Å²) in [6.45, 7) is 0.649. The molecule has 0 radical (unpaired) electrons. The summed E-state index contributed by atoms with van der Waals surface area (Å²) < 4.78 is 1.32. The molecule has 0 aliphatic heterocycles. The van der Waals surface area contributed by atoms with Crippen molar-refractivity contribution in [2.24, 2.45) is 0 Å². The van der Waals surface area contributed by atoms with Gasteiger partial charge in [-0.25, -0.2) is 4.79 Å². The highest BCUT2D eigenvalue weighted by molar-refractivity contribution is 5.53. The van der Waals surface area contributed by atoms with Crippen molar-refractivity contribution in [3.8, 4) is 5.69 Å². The quantitative estimate of drug-likeness (QED) is 0.390. The van der Waals surface area contributed by atoms with Crippen LogP contribution in [0.5, 0.6) is 0 Å². The highest BCUT2D eigenvalue weighted by atomic mass is 16.3. The van der Waals surface area contributed by atoms with Crippen LogP contribution in [-0.2, 0) is 13.0 Å². The first kappa shape index (κ1) is 19.3. The SMILES string of the molecule is O=c1[nH]c(Nc2ccc(CN[C@H]3c4ccccc4C[C@H]3O)cc2)nn1-c1ccccc1. The van der Waals surface area contributed by atoms with Crippen molar-refractivity contribution in [2.45, 2.75) is 25.1 Å². The van der Waals surface area contributed by atoms with E-state index in [0.29, 0.717) is 24.6 Å². The Bertz CT molecular complexity index is 1230. The smallest absolute Gasteiger partial charge is 0.349 e. The summed E-state index contributed by atoms with van der Waals surface area (Å²) >= 11 is 0. The Morgan fingerprint density at radius 2 is 1.74 bits per heavy atom. The Kier molecular flexibility index (Phi) is 5.11. The number of aromatic nitrogens is 3. The highest BCUT2D eigenvalue weighted by Gasteiger charge is 2.29. The Morgan fingerprint density at radius 3 is 2.55 bits per heavy atom. The third-order valence-electron chi connectivity index (χ3n) is 5.57. The maximum absolute atomic E-state index is 12.2. The van der Waals surface area contributed by atoms with Crippen LogP contribution in [0.3, 0.4) is 0 Å². The third kappa shape index (κ3) is 4.01. The van der Waals surface area contributed by atoms with Crippen LogP contribution >= 0.6 is 0 Å². The zero-order valence-corrected chi connectivity index (χ0v) is 16.8. The number of hydrogen-bond donors (Lipinski definition) is 4. The number of aliphatic hydroxyl groups excluding tert-OH is 1. The fourth-order valence-corrected chi connectivity index (χ4v) is 4.02. The van der Waals surface area contributed by atoms with Crippen molar-refractivity contribution in [2.75, 3.05) is 5.32 Å². The van der Waals surface area contributed by atoms with Gasteiger partial charge < -0.3 is 15.7 Å². The van der Waals surface area contributed by atoms with Gasteiger partial charge in [0.15, 0.2) is 0 Å². The first-order valence-electron chi connectivity index (χ1n) is 10.3. The van der Waals surface area contributed by atoms with E-state index in [0.717, 1.165) is 11.3 Å². The number of nitrogens with zero attached hydrogens (tertiary/aromatic N) is 2. The normalized spacial score (nSPS) is 17.5. The van der Waals surface area contributed by atoms with Gasteiger partial charge in [-0.15, -0.1) is 5.10 Å². The lowest BCUT2D eigenvalue weighted by Gasteiger charge is -2.18. The molecule has 0 fully saturated rings. The summed E-state index contributed by atoms with van der Waals surface area (Å²) in [6.07, 6.45) is 0.278. The number of para-hydroxylation sites is 1. The molecule has 156 valence electrons. The van der Waals surface area contributed by atoms with Gasteiger partial charge in [0.05, 0.1) is 17.8 Å². The van der Waals surface area contributed by atoms with Crippen molar-refractivity contribution in [3.63, 3.8) is 0 Å². The van der Waals surface area contributed by atoms with Gasteiger partial charge in [0.1, 0.15) is 0 Å². The molecule has 1 aliphatic carbocycles. The monoisotopic (exact) mass is 413 g/mol. The number of H-pyrrole nitrogens is 1. The third-order valence-corrected chi connectivity index (χ3v) is 5.57. The Morgan fingerprint density at radius 1 is 1.00 bits per heavy atom. The van der Waals surface area contributed by atoms with Gasteiger partial charge in [-0.05, 0) is 41.0 Å². The topological polar surface area (TPSA) is 95.0 Å². The molecule has 0 saturated heterocycles. The molecular weight excluding hydrogens is 390 g/mol. The second-order valence-corrected chi connectivity index (χ2v) is 7.68. The number of aromatic amines is 1. The lowest BCUT2D eigenvalue weighted by atomic mass is 10.1. The van der Waals surface area contributed by atoms with Gasteiger partial charge in [0.25, 0.3) is 0 Å². The van der Waals surface area contributed by atoms with Crippen LogP contribution in [0.25, 0.3) is 5.69 Å². The van der Waals surface area contributed by atoms with Crippen LogP contribution < -0.4 is 16.3 Å². The number of fused-ring (bicyclic) bond motifs is 1. The van der Waals surface area contributed by atoms with Crippen LogP contribution in [0.1, 0.15) is 22.7 Å². The molecule has 4 aromatic rings. The zero-order chi connectivity index (χ0) is 21.2. The molecule has 7 nitrogen and oxygen atoms in total. The van der Waals surface area contributed by atoms with Crippen molar-refractivity contribution >= 4 is 11.6 Å². The molecule has 7 heteroatoms. The minimum Gasteiger partial charge on any atom is -0.391 e. The molecule has 1 aliphatic rings. The van der Waals surface area contributed by atoms with E-state index in [4.69, 9.17) is 0 Å². The summed E-state index contributed by atoms with van der Waals surface area (Å²) in [7, 11) is 0. The predicted molar refractivity (Wildman–Crippen MR) is 120 cm³/mol. The average molecular weight is 413 g/mol. The lowest BCUT2D eigenvalue weighted by molar-refractivity contribution is 0.140. The van der Waals surface area contributed by atoms with Crippen LogP contribution in [0, 0.1) is 0 Å². The first-order valence-corrected chi connectivity index (χ1v) is 10.3. The van der Waals surface area contributed by atoms with Crippen LogP contribution in [0.15, 0.2) is 83.7 Å². The molecule has 0 spiro atoms. The molecule has 5 rings (SSSR count). The van der Waals surface area contributed by atoms with Gasteiger partial charge in [0.2, 0.25) is 5.95 Å². The van der Waals surface area contributed by atoms with E-state index >= 15 is 0 Å². The van der Waals surface area contributed by atoms with E-state index in [1.807, 2.05) is 66.7 Å². The summed E-state index contributed by atoms with van der Waals surface area (Å²) in [5.74, 6) is 0.380. The second kappa shape index (κ2) is 8.22. The number of benzene rings is 3. The summed E-state index contributed by atoms with van der Waals surface area (Å²) in [5, 5.41) is 21.3. The van der Waals surface area contributed by atoms with E-state index in [-0.39, 0.29) is 11.7 Å². The van der Waals surface area contributed by atoms with Crippen molar-refractivity contribution in [1.29, 1.82) is 0 Å². The van der Waals surface area contributed by atoms with Gasteiger partial charge in [-0.1, -0.05) is 54.6 Å². The maximum atomic E-state index is 12.2. The molecular formula is C24H23N5O2. The molecule has 0 saturated carbocycles. The standard InChI is InChI=1S/C24H23N5O2/c30-21-14-17-6-4-5-9-20(17)22(21)25-15-16-10-12-18(13-11-16)26-23-27-24(31)29(28-23)19-7-2-1-3-8-19/h1-13,21-22,25,30H,14-15H2,(H2,26,27,28,31)/t21-,22+/m1/s1. The lowest BCUT2D eigenvalue weighted by Crippen LogP contribution is -2.28. The van der Waals surface area contributed by atoms with Crippen molar-refractivity contribution in [3.05, 3.63) is 106 Å². The fraction of sp³-hybridized carbons (Fsp3) is 0.167. The van der Waals surface area contributed by atoms with E-state index in [2.05, 4.69) is 32.8 Å². The number of aliphatic hydroxyl groups is 1. The van der Waals surface area contributed by atoms with Crippen LogP contribution in [-0.4, -0.2) is 26.0 Å². The Labute approximate surface area is 179 Å². The molecule has 0 bridgehead atoms. The van der Waals surface area contributed by atoms with Crippen molar-refractivity contribution < 1.29 is 5.11 Å². The van der Waals surface area contributed by atoms with Crippen LogP contribution in [0.4, 0.5) is 11.6 Å². The molecule has 4 N–H and O–H groups in total. The fourth-order valence-electron chi connectivity index (χ4n) is 4.02. The van der Waals surface area contributed by atoms with Gasteiger partial charge >= 0.3 is 5.69 Å². The van der Waals surface area contributed by atoms with Gasteiger partial charge in [-0.3, -0.25) is 4.98 Å². The second-order valence-electron chi connectivity index (χ2n) is 7.68. The van der Waals surface area contributed by atoms with Crippen molar-refractivity contribution in [1.82, 2.24) is 20.1 Å². The largest absolute Gasteiger partial charge is 0.391 e. The maximum Gasteiger partial charge on any atom is 0.349 e. The van der Waals surface area contributed by atoms with E-state index < -0.39 is 6.10 Å². The number of nitrogens with one attached hydrogen (secondary N) is 3. The van der Waals surface area contributed by atoms with Crippen LogP contribution in [0.2, 0.25) is 0 Å². The Hall–Kier alpha value is -3.68. The highest BCUT2D eigenvalue weighted by Crippen LogP contribution is 2.31. The minimum absolute atomic E-state index is 0.0546. The van der Waals surface area contributed by atoms with E-state index in [1.54, 1.807) is 0 Å². The zero-order valence-electron chi connectivity index (χ0n) is 16.8. The molecule has 31 heavy (non-hydrogen) atoms. The minimum atomic E-state index is -0.408. The molecule has 1 heterocycles. The van der Waals surface area contributed by atoms with E-state index in [1.165, 1.54) is 15.8 Å². The Balaban J connectivity index is 1.24. The molecule has 2 atom stereocenters. The summed E-state index contributed by atoms with van der Waals surface area (Å²) in [6, 6.07) is 25.3. The number of rotatable bonds is 6. The molecule has 0 amide bonds. The number of hydrogen-bond acceptors (Lipinski definition) is 5. The molecule has 3 aromatic carbocycles. The molecule has 0 unspecified atom stereocenters. The average Bonchev–Trinajstić information content (AvgIpc) is 3.32. The van der Waals surface area contributed by atoms with E-state index in [9.17, 15) is 9.90 Å². The van der Waals surface area contributed by atoms with Gasteiger partial charge in [-0.2, -0.15) is 4.68 Å². The molecule has 1 aromatic heterocycles. The van der Waals surface area contributed by atoms with Gasteiger partial charge in [0, 0.05) is 18.7 Å².